The van der Waals surface area contributed by atoms with Gasteiger partial charge in [0.05, 0.1) is 19.1 Å². The molecule has 0 radical (unpaired) electrons. The van der Waals surface area contributed by atoms with Crippen molar-refractivity contribution in [3.05, 3.63) is 35.6 Å². The van der Waals surface area contributed by atoms with E-state index in [1.165, 1.54) is 6.07 Å². The Labute approximate surface area is 123 Å². The van der Waals surface area contributed by atoms with Gasteiger partial charge in [-0.3, -0.25) is 9.59 Å². The lowest BCUT2D eigenvalue weighted by atomic mass is 10.1. The fraction of sp³-hybridized carbons (Fsp3) is 0.467. The zero-order chi connectivity index (χ0) is 15.2. The number of piperazine rings is 1. The molecule has 1 aliphatic heterocycles. The Morgan fingerprint density at radius 1 is 1.48 bits per heavy atom. The number of benzene rings is 1. The van der Waals surface area contributed by atoms with Crippen molar-refractivity contribution in [1.29, 1.82) is 0 Å². The van der Waals surface area contributed by atoms with Gasteiger partial charge in [0.1, 0.15) is 5.82 Å². The second-order valence-corrected chi connectivity index (χ2v) is 4.87. The quantitative estimate of drug-likeness (QED) is 0.826. The van der Waals surface area contributed by atoms with Gasteiger partial charge < -0.3 is 15.0 Å². The summed E-state index contributed by atoms with van der Waals surface area (Å²) >= 11 is 0. The van der Waals surface area contributed by atoms with E-state index in [0.29, 0.717) is 25.3 Å². The van der Waals surface area contributed by atoms with Crippen LogP contribution in [0.3, 0.4) is 0 Å². The predicted octanol–water partition coefficient (Wildman–Crippen LogP) is 1.08. The third-order valence-corrected chi connectivity index (χ3v) is 3.38. The van der Waals surface area contributed by atoms with Gasteiger partial charge in [-0.25, -0.2) is 4.39 Å². The van der Waals surface area contributed by atoms with Gasteiger partial charge in [-0.15, -0.1) is 0 Å². The summed E-state index contributed by atoms with van der Waals surface area (Å²) < 4.78 is 18.5. The number of carbonyl (C=O) groups excluding carboxylic acids is 2. The lowest BCUT2D eigenvalue weighted by Crippen LogP contribution is -2.55. The number of carbonyl (C=O) groups is 2. The Morgan fingerprint density at radius 2 is 2.24 bits per heavy atom. The summed E-state index contributed by atoms with van der Waals surface area (Å²) in [7, 11) is 0. The van der Waals surface area contributed by atoms with Crippen LogP contribution in [0.25, 0.3) is 0 Å². The van der Waals surface area contributed by atoms with E-state index in [4.69, 9.17) is 4.74 Å². The van der Waals surface area contributed by atoms with Crippen molar-refractivity contribution in [2.75, 3.05) is 19.7 Å². The number of nitrogens with one attached hydrogen (secondary N) is 1. The Bertz CT molecular complexity index is 521. The van der Waals surface area contributed by atoms with Gasteiger partial charge in [-0.2, -0.15) is 0 Å². The van der Waals surface area contributed by atoms with Gasteiger partial charge in [0.25, 0.3) is 0 Å². The zero-order valence-corrected chi connectivity index (χ0v) is 12.0. The van der Waals surface area contributed by atoms with Crippen molar-refractivity contribution in [3.8, 4) is 0 Å². The number of esters is 1. The fourth-order valence-electron chi connectivity index (χ4n) is 2.33. The monoisotopic (exact) mass is 294 g/mol. The summed E-state index contributed by atoms with van der Waals surface area (Å²) in [5, 5.41) is 3.00. The van der Waals surface area contributed by atoms with Crippen LogP contribution in [0.4, 0.5) is 4.39 Å². The molecule has 1 atom stereocenters. The van der Waals surface area contributed by atoms with Crippen LogP contribution in [-0.4, -0.2) is 42.5 Å². The molecular formula is C15H19FN2O3. The van der Waals surface area contributed by atoms with Gasteiger partial charge in [-0.05, 0) is 13.0 Å². The topological polar surface area (TPSA) is 58.6 Å². The Balaban J connectivity index is 1.99. The normalized spacial score (nSPS) is 18.7. The molecule has 0 saturated carbocycles. The summed E-state index contributed by atoms with van der Waals surface area (Å²) in [6.45, 7) is 3.29. The molecule has 1 aliphatic rings. The third kappa shape index (κ3) is 4.01. The molecule has 1 heterocycles. The first-order chi connectivity index (χ1) is 10.1. The second kappa shape index (κ2) is 7.17. The minimum absolute atomic E-state index is 0.000442. The summed E-state index contributed by atoms with van der Waals surface area (Å²) in [5.41, 5.74) is 0.475. The molecule has 6 heteroatoms. The van der Waals surface area contributed by atoms with E-state index in [2.05, 4.69) is 5.32 Å². The lowest BCUT2D eigenvalue weighted by molar-refractivity contribution is -0.148. The molecule has 0 aromatic heterocycles. The molecule has 0 aliphatic carbocycles. The summed E-state index contributed by atoms with van der Waals surface area (Å²) in [6.07, 6.45) is 0.000442. The summed E-state index contributed by atoms with van der Waals surface area (Å²) in [5.74, 6) is -0.931. The largest absolute Gasteiger partial charge is 0.466 e. The maximum Gasteiger partial charge on any atom is 0.307 e. The van der Waals surface area contributed by atoms with E-state index in [9.17, 15) is 14.0 Å². The summed E-state index contributed by atoms with van der Waals surface area (Å²) in [4.78, 5) is 25.4. The van der Waals surface area contributed by atoms with Crippen LogP contribution >= 0.6 is 0 Å². The maximum atomic E-state index is 13.7. The van der Waals surface area contributed by atoms with E-state index >= 15 is 0 Å². The van der Waals surface area contributed by atoms with Crippen molar-refractivity contribution in [2.45, 2.75) is 25.9 Å². The van der Waals surface area contributed by atoms with Crippen LogP contribution in [-0.2, 0) is 20.9 Å². The molecule has 1 fully saturated rings. The van der Waals surface area contributed by atoms with Crippen LogP contribution in [0.2, 0.25) is 0 Å². The molecular weight excluding hydrogens is 275 g/mol. The van der Waals surface area contributed by atoms with Gasteiger partial charge in [0.15, 0.2) is 0 Å². The van der Waals surface area contributed by atoms with E-state index < -0.39 is 12.0 Å². The molecule has 0 bridgehead atoms. The first kappa shape index (κ1) is 15.4. The van der Waals surface area contributed by atoms with E-state index in [-0.39, 0.29) is 24.7 Å². The number of amides is 1. The zero-order valence-electron chi connectivity index (χ0n) is 12.0. The van der Waals surface area contributed by atoms with Crippen molar-refractivity contribution >= 4 is 11.9 Å². The van der Waals surface area contributed by atoms with E-state index in [1.807, 2.05) is 0 Å². The number of rotatable bonds is 5. The predicted molar refractivity (Wildman–Crippen MR) is 74.9 cm³/mol. The minimum Gasteiger partial charge on any atom is -0.466 e. The van der Waals surface area contributed by atoms with E-state index in [1.54, 1.807) is 30.0 Å². The SMILES string of the molecule is CCOC(=O)CC1NCCN(Cc2ccccc2F)C1=O. The Hall–Kier alpha value is -1.95. The highest BCUT2D eigenvalue weighted by molar-refractivity contribution is 5.87. The minimum atomic E-state index is -0.593. The fourth-order valence-corrected chi connectivity index (χ4v) is 2.33. The van der Waals surface area contributed by atoms with Gasteiger partial charge in [-0.1, -0.05) is 18.2 Å². The highest BCUT2D eigenvalue weighted by atomic mass is 19.1. The van der Waals surface area contributed by atoms with Crippen LogP contribution in [0.5, 0.6) is 0 Å². The molecule has 21 heavy (non-hydrogen) atoms. The van der Waals surface area contributed by atoms with Crippen LogP contribution in [0, 0.1) is 5.82 Å². The van der Waals surface area contributed by atoms with Crippen molar-refractivity contribution in [3.63, 3.8) is 0 Å². The van der Waals surface area contributed by atoms with Crippen LogP contribution < -0.4 is 5.32 Å². The molecule has 1 saturated heterocycles. The summed E-state index contributed by atoms with van der Waals surface area (Å²) in [6, 6.07) is 5.79. The van der Waals surface area contributed by atoms with Crippen LogP contribution in [0.1, 0.15) is 18.9 Å². The lowest BCUT2D eigenvalue weighted by Gasteiger charge is -2.33. The third-order valence-electron chi connectivity index (χ3n) is 3.38. The molecule has 1 unspecified atom stereocenters. The van der Waals surface area contributed by atoms with Crippen molar-refractivity contribution in [1.82, 2.24) is 10.2 Å². The number of hydrogen-bond donors (Lipinski definition) is 1. The second-order valence-electron chi connectivity index (χ2n) is 4.87. The molecule has 0 spiro atoms. The molecule has 2 rings (SSSR count). The molecule has 1 amide bonds. The average molecular weight is 294 g/mol. The first-order valence-electron chi connectivity index (χ1n) is 7.03. The molecule has 1 aromatic rings. The van der Waals surface area contributed by atoms with Gasteiger partial charge >= 0.3 is 5.97 Å². The van der Waals surface area contributed by atoms with Crippen LogP contribution in [0.15, 0.2) is 24.3 Å². The molecule has 1 aromatic carbocycles. The maximum absolute atomic E-state index is 13.7. The van der Waals surface area contributed by atoms with Gasteiger partial charge in [0, 0.05) is 25.2 Å². The first-order valence-corrected chi connectivity index (χ1v) is 7.03. The molecule has 1 N–H and O–H groups in total. The number of hydrogen-bond acceptors (Lipinski definition) is 4. The standard InChI is InChI=1S/C15H19FN2O3/c1-2-21-14(19)9-13-15(20)18(8-7-17-13)10-11-5-3-4-6-12(11)16/h3-6,13,17H,2,7-10H2,1H3. The average Bonchev–Trinajstić information content (AvgIpc) is 2.46. The van der Waals surface area contributed by atoms with Crippen molar-refractivity contribution in [2.24, 2.45) is 0 Å². The molecule has 5 nitrogen and oxygen atoms in total. The number of halogens is 1. The molecule has 114 valence electrons. The smallest absolute Gasteiger partial charge is 0.307 e. The highest BCUT2D eigenvalue weighted by Gasteiger charge is 2.30. The van der Waals surface area contributed by atoms with Gasteiger partial charge in [0.2, 0.25) is 5.91 Å². The van der Waals surface area contributed by atoms with Crippen molar-refractivity contribution < 1.29 is 18.7 Å². The number of nitrogens with zero attached hydrogens (tertiary/aromatic N) is 1. The Kier molecular flexibility index (Phi) is 5.27. The Morgan fingerprint density at radius 3 is 2.95 bits per heavy atom. The van der Waals surface area contributed by atoms with E-state index in [0.717, 1.165) is 0 Å². The highest BCUT2D eigenvalue weighted by Crippen LogP contribution is 2.13. The number of ether oxygens (including phenoxy) is 1.